The first-order valence-corrected chi connectivity index (χ1v) is 6.88. The third kappa shape index (κ3) is 2.81. The Balaban J connectivity index is 2.34. The lowest BCUT2D eigenvalue weighted by molar-refractivity contribution is 0.00149. The fourth-order valence-corrected chi connectivity index (χ4v) is 2.67. The Morgan fingerprint density at radius 3 is 2.74 bits per heavy atom. The number of hydrogen-bond donors (Lipinski definition) is 1. The number of aryl methyl sites for hydroxylation is 2. The van der Waals surface area contributed by atoms with E-state index in [2.05, 4.69) is 13.8 Å². The molecule has 0 radical (unpaired) electrons. The topological polar surface area (TPSA) is 40.5 Å². The zero-order valence-electron chi connectivity index (χ0n) is 12.2. The fraction of sp³-hybridized carbons (Fsp3) is 0.562. The van der Waals surface area contributed by atoms with Crippen LogP contribution in [-0.4, -0.2) is 34.1 Å². The Morgan fingerprint density at radius 1 is 1.37 bits per heavy atom. The summed E-state index contributed by atoms with van der Waals surface area (Å²) in [6, 6.07) is 5.94. The van der Waals surface area contributed by atoms with Crippen molar-refractivity contribution in [1.82, 2.24) is 4.90 Å². The van der Waals surface area contributed by atoms with Gasteiger partial charge in [0.1, 0.15) is 0 Å². The first kappa shape index (κ1) is 14.1. The molecule has 19 heavy (non-hydrogen) atoms. The Hall–Kier alpha value is -1.35. The van der Waals surface area contributed by atoms with Crippen molar-refractivity contribution >= 4 is 5.91 Å². The van der Waals surface area contributed by atoms with Crippen LogP contribution in [0.3, 0.4) is 0 Å². The summed E-state index contributed by atoms with van der Waals surface area (Å²) in [5, 5.41) is 9.84. The van der Waals surface area contributed by atoms with Crippen LogP contribution in [-0.2, 0) is 0 Å². The molecule has 1 saturated heterocycles. The quantitative estimate of drug-likeness (QED) is 0.844. The van der Waals surface area contributed by atoms with Crippen molar-refractivity contribution in [1.29, 1.82) is 0 Å². The van der Waals surface area contributed by atoms with Gasteiger partial charge in [0.05, 0.1) is 6.10 Å². The number of carbonyl (C=O) groups excluding carboxylic acids is 1. The summed E-state index contributed by atoms with van der Waals surface area (Å²) in [5.41, 5.74) is 2.64. The van der Waals surface area contributed by atoms with E-state index in [1.54, 1.807) is 0 Å². The molecule has 1 aliphatic heterocycles. The molecule has 1 N–H and O–H groups in total. The summed E-state index contributed by atoms with van der Waals surface area (Å²) in [5.74, 6) is 0.0324. The van der Waals surface area contributed by atoms with Crippen LogP contribution in [0.1, 0.15) is 48.2 Å². The number of amides is 1. The number of β-amino-alcohol motifs (C(OH)–C–C–N with tert-alkyl or cyclic N) is 1. The minimum atomic E-state index is -0.401. The van der Waals surface area contributed by atoms with Gasteiger partial charge in [0.25, 0.3) is 5.91 Å². The second-order valence-corrected chi connectivity index (χ2v) is 6.24. The number of benzene rings is 1. The van der Waals surface area contributed by atoms with Crippen molar-refractivity contribution in [2.75, 3.05) is 6.54 Å². The van der Waals surface area contributed by atoms with Gasteiger partial charge in [-0.1, -0.05) is 17.7 Å². The molecule has 1 aromatic rings. The molecule has 1 fully saturated rings. The molecular formula is C16H23NO2. The van der Waals surface area contributed by atoms with Crippen LogP contribution in [0.4, 0.5) is 0 Å². The number of aliphatic hydroxyl groups excluding tert-OH is 1. The van der Waals surface area contributed by atoms with Crippen molar-refractivity contribution in [2.24, 2.45) is 0 Å². The Morgan fingerprint density at radius 2 is 2.05 bits per heavy atom. The molecule has 104 valence electrons. The molecule has 2 rings (SSSR count). The van der Waals surface area contributed by atoms with Gasteiger partial charge in [0, 0.05) is 17.6 Å². The molecule has 1 heterocycles. The van der Waals surface area contributed by atoms with Crippen molar-refractivity contribution in [3.63, 3.8) is 0 Å². The van der Waals surface area contributed by atoms with Crippen molar-refractivity contribution < 1.29 is 9.90 Å². The van der Waals surface area contributed by atoms with Crippen molar-refractivity contribution in [3.05, 3.63) is 34.9 Å². The van der Waals surface area contributed by atoms with E-state index in [0.29, 0.717) is 6.54 Å². The molecule has 3 nitrogen and oxygen atoms in total. The predicted octanol–water partition coefficient (Wildman–Crippen LogP) is 2.68. The lowest BCUT2D eigenvalue weighted by Crippen LogP contribution is -2.54. The lowest BCUT2D eigenvalue weighted by Gasteiger charge is -2.44. The molecule has 1 aromatic carbocycles. The number of aliphatic hydroxyl groups is 1. The third-order valence-electron chi connectivity index (χ3n) is 4.08. The molecule has 1 unspecified atom stereocenters. The van der Waals surface area contributed by atoms with Crippen LogP contribution < -0.4 is 0 Å². The number of piperidine rings is 1. The zero-order chi connectivity index (χ0) is 14.2. The zero-order valence-corrected chi connectivity index (χ0v) is 12.2. The average Bonchev–Trinajstić information content (AvgIpc) is 2.34. The van der Waals surface area contributed by atoms with Crippen LogP contribution in [0.2, 0.25) is 0 Å². The maximum atomic E-state index is 12.7. The first-order chi connectivity index (χ1) is 8.81. The Kier molecular flexibility index (Phi) is 3.68. The van der Waals surface area contributed by atoms with Gasteiger partial charge in [0.15, 0.2) is 0 Å². The Labute approximate surface area is 115 Å². The number of rotatable bonds is 1. The van der Waals surface area contributed by atoms with Gasteiger partial charge in [0.2, 0.25) is 0 Å². The van der Waals surface area contributed by atoms with Crippen LogP contribution in [0.25, 0.3) is 0 Å². The van der Waals surface area contributed by atoms with Gasteiger partial charge in [-0.3, -0.25) is 4.79 Å². The minimum absolute atomic E-state index is 0.0324. The number of likely N-dealkylation sites (tertiary alicyclic amines) is 1. The molecule has 0 aromatic heterocycles. The van der Waals surface area contributed by atoms with E-state index < -0.39 is 6.10 Å². The fourth-order valence-electron chi connectivity index (χ4n) is 2.67. The van der Waals surface area contributed by atoms with Crippen molar-refractivity contribution in [3.8, 4) is 0 Å². The molecular weight excluding hydrogens is 238 g/mol. The largest absolute Gasteiger partial charge is 0.391 e. The van der Waals surface area contributed by atoms with E-state index in [-0.39, 0.29) is 11.4 Å². The highest BCUT2D eigenvalue weighted by molar-refractivity contribution is 5.96. The molecule has 0 spiro atoms. The standard InChI is InChI=1S/C16H23NO2/c1-11-5-6-12(2)14(9-11)15(19)17-10-13(18)7-8-16(17,3)4/h5-6,9,13,18H,7-8,10H2,1-4H3. The minimum Gasteiger partial charge on any atom is -0.391 e. The third-order valence-corrected chi connectivity index (χ3v) is 4.08. The van der Waals surface area contributed by atoms with E-state index in [9.17, 15) is 9.90 Å². The van der Waals surface area contributed by atoms with Crippen LogP contribution >= 0.6 is 0 Å². The summed E-state index contributed by atoms with van der Waals surface area (Å²) in [6.45, 7) is 8.52. The van der Waals surface area contributed by atoms with Crippen molar-refractivity contribution in [2.45, 2.75) is 52.2 Å². The maximum absolute atomic E-state index is 12.7. The SMILES string of the molecule is Cc1ccc(C)c(C(=O)N2CC(O)CCC2(C)C)c1. The molecule has 1 aliphatic rings. The number of hydrogen-bond acceptors (Lipinski definition) is 2. The highest BCUT2D eigenvalue weighted by atomic mass is 16.3. The summed E-state index contributed by atoms with van der Waals surface area (Å²) in [7, 11) is 0. The smallest absolute Gasteiger partial charge is 0.254 e. The van der Waals surface area contributed by atoms with E-state index >= 15 is 0 Å². The second-order valence-electron chi connectivity index (χ2n) is 6.24. The summed E-state index contributed by atoms with van der Waals surface area (Å²) in [4.78, 5) is 14.6. The number of carbonyl (C=O) groups is 1. The maximum Gasteiger partial charge on any atom is 0.254 e. The predicted molar refractivity (Wildman–Crippen MR) is 76.3 cm³/mol. The van der Waals surface area contributed by atoms with E-state index in [0.717, 1.165) is 29.5 Å². The van der Waals surface area contributed by atoms with Gasteiger partial charge < -0.3 is 10.0 Å². The van der Waals surface area contributed by atoms with Crippen LogP contribution in [0.5, 0.6) is 0 Å². The average molecular weight is 261 g/mol. The van der Waals surface area contributed by atoms with Gasteiger partial charge in [-0.15, -0.1) is 0 Å². The molecule has 1 atom stereocenters. The molecule has 1 amide bonds. The highest BCUT2D eigenvalue weighted by Crippen LogP contribution is 2.29. The summed E-state index contributed by atoms with van der Waals surface area (Å²) in [6.07, 6.45) is 1.20. The van der Waals surface area contributed by atoms with Gasteiger partial charge >= 0.3 is 0 Å². The summed E-state index contributed by atoms with van der Waals surface area (Å²) < 4.78 is 0. The normalized spacial score (nSPS) is 22.4. The van der Waals surface area contributed by atoms with Gasteiger partial charge in [-0.25, -0.2) is 0 Å². The van der Waals surface area contributed by atoms with Crippen LogP contribution in [0.15, 0.2) is 18.2 Å². The number of nitrogens with zero attached hydrogens (tertiary/aromatic N) is 1. The molecule has 0 bridgehead atoms. The highest BCUT2D eigenvalue weighted by Gasteiger charge is 2.37. The Bertz CT molecular complexity index is 494. The second kappa shape index (κ2) is 4.97. The monoisotopic (exact) mass is 261 g/mol. The van der Waals surface area contributed by atoms with E-state index in [4.69, 9.17) is 0 Å². The lowest BCUT2D eigenvalue weighted by atomic mass is 9.88. The van der Waals surface area contributed by atoms with Gasteiger partial charge in [-0.05, 0) is 52.2 Å². The molecule has 0 aliphatic carbocycles. The summed E-state index contributed by atoms with van der Waals surface area (Å²) >= 11 is 0. The molecule has 0 saturated carbocycles. The first-order valence-electron chi connectivity index (χ1n) is 6.88. The molecule has 3 heteroatoms. The van der Waals surface area contributed by atoms with Gasteiger partial charge in [-0.2, -0.15) is 0 Å². The van der Waals surface area contributed by atoms with E-state index in [1.165, 1.54) is 0 Å². The van der Waals surface area contributed by atoms with Crippen LogP contribution in [0, 0.1) is 13.8 Å². The van der Waals surface area contributed by atoms with E-state index in [1.807, 2.05) is 36.9 Å².